The van der Waals surface area contributed by atoms with Crippen molar-refractivity contribution in [3.8, 4) is 0 Å². The molecule has 3 rings (SSSR count). The van der Waals surface area contributed by atoms with Gasteiger partial charge >= 0.3 is 5.97 Å². The molecule has 1 fully saturated rings. The van der Waals surface area contributed by atoms with Crippen LogP contribution in [0.5, 0.6) is 0 Å². The van der Waals surface area contributed by atoms with Gasteiger partial charge in [0.2, 0.25) is 0 Å². The Morgan fingerprint density at radius 3 is 2.84 bits per heavy atom. The van der Waals surface area contributed by atoms with Gasteiger partial charge in [0.1, 0.15) is 0 Å². The van der Waals surface area contributed by atoms with Crippen molar-refractivity contribution < 1.29 is 9.53 Å². The molecule has 0 spiro atoms. The number of ether oxygens (including phenoxy) is 1. The van der Waals surface area contributed by atoms with Crippen molar-refractivity contribution in [1.82, 2.24) is 25.1 Å². The van der Waals surface area contributed by atoms with Crippen molar-refractivity contribution in [2.45, 2.75) is 25.3 Å². The van der Waals surface area contributed by atoms with Gasteiger partial charge in [-0.25, -0.2) is 9.48 Å². The molecule has 1 aromatic carbocycles. The van der Waals surface area contributed by atoms with Crippen molar-refractivity contribution in [3.63, 3.8) is 0 Å². The summed E-state index contributed by atoms with van der Waals surface area (Å²) >= 11 is 0. The summed E-state index contributed by atoms with van der Waals surface area (Å²) in [5.74, 6) is 0.568. The Morgan fingerprint density at radius 2 is 2.16 bits per heavy atom. The van der Waals surface area contributed by atoms with Gasteiger partial charge in [0, 0.05) is 32.1 Å². The normalized spacial score (nSPS) is 18.1. The van der Waals surface area contributed by atoms with Crippen molar-refractivity contribution in [2.75, 3.05) is 20.2 Å². The molecule has 1 saturated heterocycles. The Morgan fingerprint density at radius 1 is 1.36 bits per heavy atom. The smallest absolute Gasteiger partial charge is 0.330 e. The van der Waals surface area contributed by atoms with Gasteiger partial charge in [-0.3, -0.25) is 4.90 Å². The van der Waals surface area contributed by atoms with Crippen molar-refractivity contribution in [3.05, 3.63) is 47.3 Å². The summed E-state index contributed by atoms with van der Waals surface area (Å²) in [6.45, 7) is 2.04. The number of hydrogen-bond donors (Lipinski definition) is 0. The lowest BCUT2D eigenvalue weighted by atomic mass is 10.0. The number of tetrazole rings is 1. The van der Waals surface area contributed by atoms with E-state index in [1.165, 1.54) is 25.2 Å². The van der Waals surface area contributed by atoms with Gasteiger partial charge in [-0.1, -0.05) is 24.3 Å². The van der Waals surface area contributed by atoms with E-state index in [2.05, 4.69) is 37.3 Å². The van der Waals surface area contributed by atoms with Crippen LogP contribution >= 0.6 is 0 Å². The lowest BCUT2D eigenvalue weighted by Gasteiger charge is -2.24. The van der Waals surface area contributed by atoms with Crippen LogP contribution < -0.4 is 0 Å². The van der Waals surface area contributed by atoms with E-state index in [1.54, 1.807) is 10.8 Å². The van der Waals surface area contributed by atoms with Crippen LogP contribution in [0.3, 0.4) is 0 Å². The zero-order valence-corrected chi connectivity index (χ0v) is 14.6. The number of benzene rings is 1. The summed E-state index contributed by atoms with van der Waals surface area (Å²) in [5, 5.41) is 11.6. The summed E-state index contributed by atoms with van der Waals surface area (Å²) in [7, 11) is 3.25. The quantitative estimate of drug-likeness (QED) is 0.589. The van der Waals surface area contributed by atoms with Gasteiger partial charge in [-0.15, -0.1) is 5.10 Å². The summed E-state index contributed by atoms with van der Waals surface area (Å²) in [6, 6.07) is 8.79. The van der Waals surface area contributed by atoms with Crippen molar-refractivity contribution >= 4 is 12.0 Å². The second kappa shape index (κ2) is 8.02. The summed E-state index contributed by atoms with van der Waals surface area (Å²) < 4.78 is 6.34. The molecule has 1 aliphatic heterocycles. The van der Waals surface area contributed by atoms with E-state index in [0.717, 1.165) is 37.3 Å². The van der Waals surface area contributed by atoms with Crippen molar-refractivity contribution in [2.24, 2.45) is 7.05 Å². The maximum absolute atomic E-state index is 11.2. The number of carbonyl (C=O) groups excluding carboxylic acids is 1. The average Bonchev–Trinajstić information content (AvgIpc) is 3.27. The van der Waals surface area contributed by atoms with E-state index in [1.807, 2.05) is 19.2 Å². The zero-order valence-electron chi connectivity index (χ0n) is 14.6. The van der Waals surface area contributed by atoms with Crippen LogP contribution in [0.1, 0.15) is 35.8 Å². The lowest BCUT2D eigenvalue weighted by Crippen LogP contribution is -2.26. The molecule has 0 bridgehead atoms. The molecule has 1 aliphatic rings. The number of methoxy groups -OCH3 is 1. The van der Waals surface area contributed by atoms with Crippen LogP contribution in [0.4, 0.5) is 0 Å². The highest BCUT2D eigenvalue weighted by Gasteiger charge is 2.25. The van der Waals surface area contributed by atoms with E-state index < -0.39 is 0 Å². The first-order valence-electron chi connectivity index (χ1n) is 8.48. The van der Waals surface area contributed by atoms with Crippen LogP contribution in [0.2, 0.25) is 0 Å². The van der Waals surface area contributed by atoms with Gasteiger partial charge in [0.05, 0.1) is 7.11 Å². The van der Waals surface area contributed by atoms with Crippen LogP contribution in [-0.4, -0.2) is 51.3 Å². The SMILES string of the molecule is COC(=O)/C=C/c1ccc(C2CCCN2CCc2nnnn2C)cc1. The van der Waals surface area contributed by atoms with Crippen LogP contribution in [0.15, 0.2) is 30.3 Å². The van der Waals surface area contributed by atoms with E-state index >= 15 is 0 Å². The first-order valence-corrected chi connectivity index (χ1v) is 8.48. The number of likely N-dealkylation sites (tertiary alicyclic amines) is 1. The number of aryl methyl sites for hydroxylation is 1. The number of carbonyl (C=O) groups is 1. The van der Waals surface area contributed by atoms with Gasteiger partial charge in [-0.2, -0.15) is 0 Å². The molecule has 2 aromatic rings. The standard InChI is InChI=1S/C18H23N5O2/c1-22-17(19-20-21-22)11-13-23-12-3-4-16(23)15-8-5-14(6-9-15)7-10-18(24)25-2/h5-10,16H,3-4,11-13H2,1-2H3/b10-7+. The highest BCUT2D eigenvalue weighted by atomic mass is 16.5. The third-order valence-electron chi connectivity index (χ3n) is 4.63. The van der Waals surface area contributed by atoms with Gasteiger partial charge in [0.25, 0.3) is 0 Å². The fourth-order valence-electron chi connectivity index (χ4n) is 3.24. The Kier molecular flexibility index (Phi) is 5.55. The molecule has 0 aliphatic carbocycles. The molecule has 1 atom stereocenters. The second-order valence-corrected chi connectivity index (χ2v) is 6.19. The minimum Gasteiger partial charge on any atom is -0.466 e. The molecule has 0 saturated carbocycles. The Balaban J connectivity index is 1.62. The summed E-state index contributed by atoms with van der Waals surface area (Å²) in [4.78, 5) is 13.7. The van der Waals surface area contributed by atoms with Gasteiger partial charge < -0.3 is 4.74 Å². The second-order valence-electron chi connectivity index (χ2n) is 6.19. The van der Waals surface area contributed by atoms with Crippen LogP contribution in [-0.2, 0) is 23.0 Å². The largest absolute Gasteiger partial charge is 0.466 e. The van der Waals surface area contributed by atoms with E-state index in [-0.39, 0.29) is 5.97 Å². The third-order valence-corrected chi connectivity index (χ3v) is 4.63. The number of hydrogen-bond acceptors (Lipinski definition) is 6. The van der Waals surface area contributed by atoms with Gasteiger partial charge in [0.15, 0.2) is 5.82 Å². The molecule has 1 aromatic heterocycles. The predicted molar refractivity (Wildman–Crippen MR) is 93.5 cm³/mol. The molecule has 25 heavy (non-hydrogen) atoms. The number of rotatable bonds is 6. The Hall–Kier alpha value is -2.54. The molecule has 7 nitrogen and oxygen atoms in total. The molecule has 132 valence electrons. The topological polar surface area (TPSA) is 73.1 Å². The molecule has 0 amide bonds. The van der Waals surface area contributed by atoms with Gasteiger partial charge in [-0.05, 0) is 47.0 Å². The number of esters is 1. The minimum absolute atomic E-state index is 0.343. The maximum Gasteiger partial charge on any atom is 0.330 e. The van der Waals surface area contributed by atoms with Crippen LogP contribution in [0, 0.1) is 0 Å². The Bertz CT molecular complexity index is 738. The third kappa shape index (κ3) is 4.30. The summed E-state index contributed by atoms with van der Waals surface area (Å²) in [5.41, 5.74) is 2.30. The van der Waals surface area contributed by atoms with Crippen molar-refractivity contribution in [1.29, 1.82) is 0 Å². The summed E-state index contributed by atoms with van der Waals surface area (Å²) in [6.07, 6.45) is 6.41. The Labute approximate surface area is 147 Å². The fraction of sp³-hybridized carbons (Fsp3) is 0.444. The fourth-order valence-corrected chi connectivity index (χ4v) is 3.24. The highest BCUT2D eigenvalue weighted by molar-refractivity contribution is 5.86. The van der Waals surface area contributed by atoms with E-state index in [9.17, 15) is 4.79 Å². The lowest BCUT2D eigenvalue weighted by molar-refractivity contribution is -0.134. The average molecular weight is 341 g/mol. The van der Waals surface area contributed by atoms with Crippen LogP contribution in [0.25, 0.3) is 6.08 Å². The maximum atomic E-state index is 11.2. The molecule has 0 radical (unpaired) electrons. The highest BCUT2D eigenvalue weighted by Crippen LogP contribution is 2.32. The van der Waals surface area contributed by atoms with E-state index in [0.29, 0.717) is 6.04 Å². The molecular formula is C18H23N5O2. The predicted octanol–water partition coefficient (Wildman–Crippen LogP) is 1.78. The molecular weight excluding hydrogens is 318 g/mol. The molecule has 7 heteroatoms. The first-order chi connectivity index (χ1) is 12.2. The zero-order chi connectivity index (χ0) is 17.6. The monoisotopic (exact) mass is 341 g/mol. The molecule has 2 heterocycles. The number of nitrogens with zero attached hydrogens (tertiary/aromatic N) is 5. The number of aromatic nitrogens is 4. The minimum atomic E-state index is -0.343. The molecule has 1 unspecified atom stereocenters. The molecule has 0 N–H and O–H groups in total. The first kappa shape index (κ1) is 17.3. The van der Waals surface area contributed by atoms with E-state index in [4.69, 9.17) is 0 Å².